The van der Waals surface area contributed by atoms with E-state index in [0.717, 1.165) is 22.6 Å². The van der Waals surface area contributed by atoms with E-state index in [9.17, 15) is 4.79 Å². The van der Waals surface area contributed by atoms with Gasteiger partial charge in [-0.1, -0.05) is 24.3 Å². The largest absolute Gasteiger partial charge is 0.491 e. The lowest BCUT2D eigenvalue weighted by molar-refractivity contribution is -0.116. The Morgan fingerprint density at radius 1 is 1.10 bits per heavy atom. The summed E-state index contributed by atoms with van der Waals surface area (Å²) in [6.45, 7) is 7.64. The van der Waals surface area contributed by atoms with E-state index < -0.39 is 0 Å². The molecule has 0 aromatic heterocycles. The quantitative estimate of drug-likeness (QED) is 0.425. The van der Waals surface area contributed by atoms with Gasteiger partial charge in [0, 0.05) is 31.4 Å². The van der Waals surface area contributed by atoms with Gasteiger partial charge in [0.1, 0.15) is 5.75 Å². The van der Waals surface area contributed by atoms with Crippen molar-refractivity contribution in [3.63, 3.8) is 0 Å². The molecule has 7 nitrogen and oxygen atoms in total. The predicted octanol–water partition coefficient (Wildman–Crippen LogP) is 3.15. The Balaban J connectivity index is 1.93. The summed E-state index contributed by atoms with van der Waals surface area (Å²) in [5.74, 6) is 1.54. The van der Waals surface area contributed by atoms with Crippen LogP contribution in [0.4, 0.5) is 5.69 Å². The standard InChI is InChI=1S/C24H35N5O2/c1-17(2)31-22-12-18(3)10-11-20(22)15-27-24(25-4)26-14-19-8-7-9-21(13-19)28-23(30)16-29(5)6/h7-13,17H,14-16H2,1-6H3,(H,28,30)(H2,25,26,27). The number of benzene rings is 2. The second-order valence-corrected chi connectivity index (χ2v) is 8.04. The summed E-state index contributed by atoms with van der Waals surface area (Å²) in [5.41, 5.74) is 4.07. The van der Waals surface area contributed by atoms with Gasteiger partial charge in [0.15, 0.2) is 5.96 Å². The molecule has 0 aliphatic rings. The van der Waals surface area contributed by atoms with Gasteiger partial charge in [-0.25, -0.2) is 0 Å². The molecular weight excluding hydrogens is 390 g/mol. The van der Waals surface area contributed by atoms with Crippen LogP contribution >= 0.6 is 0 Å². The van der Waals surface area contributed by atoms with Crippen molar-refractivity contribution in [2.75, 3.05) is 33.0 Å². The van der Waals surface area contributed by atoms with Crippen molar-refractivity contribution >= 4 is 17.6 Å². The summed E-state index contributed by atoms with van der Waals surface area (Å²) in [6, 6.07) is 14.0. The monoisotopic (exact) mass is 425 g/mol. The number of amides is 1. The van der Waals surface area contributed by atoms with Crippen LogP contribution < -0.4 is 20.7 Å². The van der Waals surface area contributed by atoms with Crippen molar-refractivity contribution < 1.29 is 9.53 Å². The number of carbonyl (C=O) groups is 1. The minimum atomic E-state index is -0.0369. The lowest BCUT2D eigenvalue weighted by Gasteiger charge is -2.17. The lowest BCUT2D eigenvalue weighted by atomic mass is 10.1. The SMILES string of the molecule is CN=C(NCc1cccc(NC(=O)CN(C)C)c1)NCc1ccc(C)cc1OC(C)C. The molecule has 0 aliphatic heterocycles. The van der Waals surface area contributed by atoms with Crippen molar-refractivity contribution in [2.45, 2.75) is 40.0 Å². The number of hydrogen-bond acceptors (Lipinski definition) is 4. The first-order valence-corrected chi connectivity index (χ1v) is 10.5. The Bertz CT molecular complexity index is 893. The van der Waals surface area contributed by atoms with E-state index in [2.05, 4.69) is 46.1 Å². The molecule has 0 heterocycles. The molecule has 31 heavy (non-hydrogen) atoms. The van der Waals surface area contributed by atoms with Gasteiger partial charge in [-0.15, -0.1) is 0 Å². The topological polar surface area (TPSA) is 78.0 Å². The number of likely N-dealkylation sites (N-methyl/N-ethyl adjacent to an activating group) is 1. The molecule has 0 fully saturated rings. The maximum Gasteiger partial charge on any atom is 0.238 e. The molecule has 3 N–H and O–H groups in total. The second-order valence-electron chi connectivity index (χ2n) is 8.04. The predicted molar refractivity (Wildman–Crippen MR) is 128 cm³/mol. The molecule has 2 rings (SSSR count). The van der Waals surface area contributed by atoms with E-state index in [-0.39, 0.29) is 12.0 Å². The number of aliphatic imine (C=N–C) groups is 1. The van der Waals surface area contributed by atoms with Crippen molar-refractivity contribution in [1.29, 1.82) is 0 Å². The first-order valence-electron chi connectivity index (χ1n) is 10.5. The number of hydrogen-bond donors (Lipinski definition) is 3. The summed E-state index contributed by atoms with van der Waals surface area (Å²) in [4.78, 5) is 18.1. The first-order chi connectivity index (χ1) is 14.8. The number of anilines is 1. The minimum Gasteiger partial charge on any atom is -0.491 e. The molecule has 1 amide bonds. The minimum absolute atomic E-state index is 0.0369. The number of aryl methyl sites for hydroxylation is 1. The number of rotatable bonds is 9. The van der Waals surface area contributed by atoms with Crippen LogP contribution in [-0.2, 0) is 17.9 Å². The second kappa shape index (κ2) is 12.0. The van der Waals surface area contributed by atoms with Crippen LogP contribution in [0.5, 0.6) is 5.75 Å². The van der Waals surface area contributed by atoms with Gasteiger partial charge in [-0.3, -0.25) is 9.79 Å². The Morgan fingerprint density at radius 2 is 1.84 bits per heavy atom. The molecule has 0 saturated heterocycles. The van der Waals surface area contributed by atoms with Crippen LogP contribution in [0.1, 0.15) is 30.5 Å². The first kappa shape index (κ1) is 24.2. The Morgan fingerprint density at radius 3 is 2.52 bits per heavy atom. The Hall–Kier alpha value is -3.06. The van der Waals surface area contributed by atoms with Crippen LogP contribution in [0, 0.1) is 6.92 Å². The van der Waals surface area contributed by atoms with E-state index in [1.165, 1.54) is 5.56 Å². The average Bonchev–Trinajstić information content (AvgIpc) is 2.68. The highest BCUT2D eigenvalue weighted by atomic mass is 16.5. The molecule has 168 valence electrons. The van der Waals surface area contributed by atoms with Gasteiger partial charge in [-0.2, -0.15) is 0 Å². The van der Waals surface area contributed by atoms with Crippen molar-refractivity contribution in [2.24, 2.45) is 4.99 Å². The number of nitrogens with zero attached hydrogens (tertiary/aromatic N) is 2. The molecule has 7 heteroatoms. The van der Waals surface area contributed by atoms with Crippen molar-refractivity contribution in [1.82, 2.24) is 15.5 Å². The van der Waals surface area contributed by atoms with Gasteiger partial charge in [0.05, 0.1) is 12.6 Å². The summed E-state index contributed by atoms with van der Waals surface area (Å²) in [5, 5.41) is 9.58. The third kappa shape index (κ3) is 8.68. The highest BCUT2D eigenvalue weighted by Crippen LogP contribution is 2.21. The van der Waals surface area contributed by atoms with Crippen molar-refractivity contribution in [3.8, 4) is 5.75 Å². The zero-order valence-electron chi connectivity index (χ0n) is 19.5. The number of ether oxygens (including phenoxy) is 1. The Labute approximate surface area is 185 Å². The fraction of sp³-hybridized carbons (Fsp3) is 0.417. The molecule has 2 aromatic carbocycles. The maximum absolute atomic E-state index is 12.0. The zero-order valence-corrected chi connectivity index (χ0v) is 19.5. The van der Waals surface area contributed by atoms with E-state index in [0.29, 0.717) is 25.6 Å². The third-order valence-electron chi connectivity index (χ3n) is 4.39. The molecule has 0 unspecified atom stereocenters. The third-order valence-corrected chi connectivity index (χ3v) is 4.39. The van der Waals surface area contributed by atoms with E-state index in [1.54, 1.807) is 7.05 Å². The molecule has 0 aliphatic carbocycles. The van der Waals surface area contributed by atoms with E-state index in [1.807, 2.05) is 57.1 Å². The fourth-order valence-electron chi connectivity index (χ4n) is 3.00. The molecule has 0 spiro atoms. The van der Waals surface area contributed by atoms with E-state index in [4.69, 9.17) is 4.74 Å². The van der Waals surface area contributed by atoms with Crippen LogP contribution in [0.3, 0.4) is 0 Å². The fourth-order valence-corrected chi connectivity index (χ4v) is 3.00. The maximum atomic E-state index is 12.0. The van der Waals surface area contributed by atoms with Crippen LogP contribution in [0.15, 0.2) is 47.5 Å². The van der Waals surface area contributed by atoms with Crippen LogP contribution in [0.2, 0.25) is 0 Å². The van der Waals surface area contributed by atoms with Gasteiger partial charge in [0.2, 0.25) is 5.91 Å². The molecule has 0 radical (unpaired) electrons. The summed E-state index contributed by atoms with van der Waals surface area (Å²) in [6.07, 6.45) is 0.114. The van der Waals surface area contributed by atoms with Gasteiger partial charge >= 0.3 is 0 Å². The van der Waals surface area contributed by atoms with E-state index >= 15 is 0 Å². The van der Waals surface area contributed by atoms with Crippen molar-refractivity contribution in [3.05, 3.63) is 59.2 Å². The molecule has 0 bridgehead atoms. The van der Waals surface area contributed by atoms with Gasteiger partial charge < -0.3 is 25.6 Å². The number of carbonyl (C=O) groups excluding carboxylic acids is 1. The summed E-state index contributed by atoms with van der Waals surface area (Å²) in [7, 11) is 5.48. The lowest BCUT2D eigenvalue weighted by Crippen LogP contribution is -2.36. The molecule has 0 atom stereocenters. The normalized spacial score (nSPS) is 11.5. The number of guanidine groups is 1. The smallest absolute Gasteiger partial charge is 0.238 e. The van der Waals surface area contributed by atoms with Crippen LogP contribution in [0.25, 0.3) is 0 Å². The highest BCUT2D eigenvalue weighted by Gasteiger charge is 2.08. The zero-order chi connectivity index (χ0) is 22.8. The molecule has 0 saturated carbocycles. The molecule has 2 aromatic rings. The van der Waals surface area contributed by atoms with Crippen LogP contribution in [-0.4, -0.2) is 50.6 Å². The summed E-state index contributed by atoms with van der Waals surface area (Å²) < 4.78 is 5.95. The molecular formula is C24H35N5O2. The summed E-state index contributed by atoms with van der Waals surface area (Å²) >= 11 is 0. The van der Waals surface area contributed by atoms with Gasteiger partial charge in [0.25, 0.3) is 0 Å². The highest BCUT2D eigenvalue weighted by molar-refractivity contribution is 5.92. The van der Waals surface area contributed by atoms with Gasteiger partial charge in [-0.05, 0) is 64.2 Å². The number of nitrogens with one attached hydrogen (secondary N) is 3. The average molecular weight is 426 g/mol. The Kier molecular flexibility index (Phi) is 9.34.